The molecule has 0 bridgehead atoms. The molecule has 8 nitrogen and oxygen atoms in total. The Morgan fingerprint density at radius 3 is 2.10 bits per heavy atom. The van der Waals surface area contributed by atoms with Gasteiger partial charge in [-0.3, -0.25) is 14.5 Å². The summed E-state index contributed by atoms with van der Waals surface area (Å²) in [6, 6.07) is 22.0. The summed E-state index contributed by atoms with van der Waals surface area (Å²) in [4.78, 5) is 34.8. The Morgan fingerprint density at radius 1 is 0.854 bits per heavy atom. The minimum Gasteiger partial charge on any atom is -0.497 e. The van der Waals surface area contributed by atoms with E-state index in [1.165, 1.54) is 0 Å². The summed E-state index contributed by atoms with van der Waals surface area (Å²) in [6.45, 7) is 9.16. The van der Waals surface area contributed by atoms with Gasteiger partial charge in [0.25, 0.3) is 5.91 Å². The topological polar surface area (TPSA) is 74.4 Å². The van der Waals surface area contributed by atoms with E-state index < -0.39 is 12.0 Å². The van der Waals surface area contributed by atoms with Crippen LogP contribution < -0.4 is 19.7 Å². The predicted molar refractivity (Wildman–Crippen MR) is 161 cm³/mol. The Hall–Kier alpha value is -3.88. The van der Waals surface area contributed by atoms with E-state index in [1.807, 2.05) is 72.8 Å². The maximum absolute atomic E-state index is 14.1. The second kappa shape index (κ2) is 13.2. The number of amides is 2. The molecule has 3 aromatic carbocycles. The molecule has 2 aliphatic rings. The number of nitrogens with zero attached hydrogens (tertiary/aromatic N) is 3. The van der Waals surface area contributed by atoms with Gasteiger partial charge in [0.2, 0.25) is 5.91 Å². The van der Waals surface area contributed by atoms with Gasteiger partial charge in [-0.15, -0.1) is 0 Å². The van der Waals surface area contributed by atoms with Crippen LogP contribution in [0.4, 0.5) is 5.69 Å². The Morgan fingerprint density at radius 2 is 1.46 bits per heavy atom. The van der Waals surface area contributed by atoms with Crippen LogP contribution in [0.15, 0.2) is 72.8 Å². The highest BCUT2D eigenvalue weighted by Gasteiger charge is 2.44. The van der Waals surface area contributed by atoms with Crippen LogP contribution >= 0.6 is 0 Å². The van der Waals surface area contributed by atoms with Gasteiger partial charge in [0.15, 0.2) is 0 Å². The zero-order chi connectivity index (χ0) is 28.8. The predicted octanol–water partition coefficient (Wildman–Crippen LogP) is 4.33. The van der Waals surface area contributed by atoms with Gasteiger partial charge in [0.1, 0.15) is 11.5 Å². The number of nitrogens with one attached hydrogen (secondary N) is 1. The second-order valence-corrected chi connectivity index (χ2v) is 10.6. The first-order chi connectivity index (χ1) is 20.0. The number of piperazine rings is 1. The molecule has 41 heavy (non-hydrogen) atoms. The first-order valence-corrected chi connectivity index (χ1v) is 14.5. The third-order valence-electron chi connectivity index (χ3n) is 8.29. The van der Waals surface area contributed by atoms with Crippen molar-refractivity contribution in [1.29, 1.82) is 0 Å². The molecule has 2 amide bonds. The molecule has 1 fully saturated rings. The van der Waals surface area contributed by atoms with Crippen LogP contribution in [-0.2, 0) is 4.79 Å². The van der Waals surface area contributed by atoms with Crippen LogP contribution in [-0.4, -0.2) is 81.6 Å². The van der Waals surface area contributed by atoms with Crippen molar-refractivity contribution in [2.75, 3.05) is 64.9 Å². The third-order valence-corrected chi connectivity index (χ3v) is 8.29. The van der Waals surface area contributed by atoms with Gasteiger partial charge in [0.05, 0.1) is 26.2 Å². The van der Waals surface area contributed by atoms with Gasteiger partial charge in [-0.1, -0.05) is 37.3 Å². The number of hydrogen-bond acceptors (Lipinski definition) is 6. The van der Waals surface area contributed by atoms with Crippen LogP contribution in [0.1, 0.15) is 46.8 Å². The standard InChI is InChI=1S/C33H40N4O4/c1-4-35-20-22-36(23-21-35)19-7-18-34-32(38)30-28-8-5-6-9-29(28)33(39)37(25-12-16-27(41-3)17-13-25)31(30)24-10-14-26(40-2)15-11-24/h5-6,8-17,30-31H,4,7,18-23H2,1-3H3,(H,34,38)/t30-,31+/m0/s1. The first kappa shape index (κ1) is 28.6. The van der Waals surface area contributed by atoms with Crippen LogP contribution in [0.25, 0.3) is 0 Å². The lowest BCUT2D eigenvalue weighted by molar-refractivity contribution is -0.123. The molecule has 8 heteroatoms. The number of ether oxygens (including phenoxy) is 2. The minimum atomic E-state index is -0.590. The number of carbonyl (C=O) groups is 2. The molecule has 0 saturated carbocycles. The third kappa shape index (κ3) is 6.24. The van der Waals surface area contributed by atoms with Crippen molar-refractivity contribution in [2.24, 2.45) is 0 Å². The molecule has 0 radical (unpaired) electrons. The quantitative estimate of drug-likeness (QED) is 0.375. The van der Waals surface area contributed by atoms with Crippen molar-refractivity contribution in [1.82, 2.24) is 15.1 Å². The largest absolute Gasteiger partial charge is 0.497 e. The highest BCUT2D eigenvalue weighted by molar-refractivity contribution is 6.11. The number of methoxy groups -OCH3 is 2. The van der Waals surface area contributed by atoms with E-state index in [9.17, 15) is 9.59 Å². The molecule has 5 rings (SSSR count). The number of likely N-dealkylation sites (N-methyl/N-ethyl adjacent to an activating group) is 1. The summed E-state index contributed by atoms with van der Waals surface area (Å²) in [7, 11) is 3.24. The maximum Gasteiger partial charge on any atom is 0.259 e. The van der Waals surface area contributed by atoms with Crippen LogP contribution in [0.3, 0.4) is 0 Å². The van der Waals surface area contributed by atoms with E-state index in [0.717, 1.165) is 56.8 Å². The fourth-order valence-corrected chi connectivity index (χ4v) is 5.94. The molecule has 1 N–H and O–H groups in total. The van der Waals surface area contributed by atoms with Crippen LogP contribution in [0.2, 0.25) is 0 Å². The molecular weight excluding hydrogens is 516 g/mol. The van der Waals surface area contributed by atoms with Crippen molar-refractivity contribution in [3.63, 3.8) is 0 Å². The number of anilines is 1. The fourth-order valence-electron chi connectivity index (χ4n) is 5.94. The number of carbonyl (C=O) groups excluding carboxylic acids is 2. The van der Waals surface area contributed by atoms with Crippen molar-refractivity contribution in [3.8, 4) is 11.5 Å². The molecular formula is C33H40N4O4. The van der Waals surface area contributed by atoms with Gasteiger partial charge in [-0.05, 0) is 73.1 Å². The monoisotopic (exact) mass is 556 g/mol. The Bertz CT molecular complexity index is 1320. The molecule has 0 aliphatic carbocycles. The molecule has 2 atom stereocenters. The summed E-state index contributed by atoms with van der Waals surface area (Å²) in [5.74, 6) is 0.604. The van der Waals surface area contributed by atoms with Crippen molar-refractivity contribution < 1.29 is 19.1 Å². The molecule has 0 unspecified atom stereocenters. The van der Waals surface area contributed by atoms with Gasteiger partial charge >= 0.3 is 0 Å². The molecule has 216 valence electrons. The van der Waals surface area contributed by atoms with Gasteiger partial charge in [0, 0.05) is 44.0 Å². The van der Waals surface area contributed by atoms with Gasteiger partial charge in [-0.25, -0.2) is 0 Å². The van der Waals surface area contributed by atoms with Crippen LogP contribution in [0, 0.1) is 0 Å². The molecule has 2 heterocycles. The number of hydrogen-bond donors (Lipinski definition) is 1. The lowest BCUT2D eigenvalue weighted by atomic mass is 9.78. The van der Waals surface area contributed by atoms with E-state index in [1.54, 1.807) is 19.1 Å². The summed E-state index contributed by atoms with van der Waals surface area (Å²) >= 11 is 0. The zero-order valence-corrected chi connectivity index (χ0v) is 24.2. The fraction of sp³-hybridized carbons (Fsp3) is 0.394. The van der Waals surface area contributed by atoms with E-state index in [4.69, 9.17) is 9.47 Å². The molecule has 3 aromatic rings. The normalized spacial score (nSPS) is 19.5. The Kier molecular flexibility index (Phi) is 9.21. The van der Waals surface area contributed by atoms with Crippen molar-refractivity contribution in [2.45, 2.75) is 25.3 Å². The first-order valence-electron chi connectivity index (χ1n) is 14.5. The summed E-state index contributed by atoms with van der Waals surface area (Å²) in [6.07, 6.45) is 0.876. The molecule has 2 aliphatic heterocycles. The second-order valence-electron chi connectivity index (χ2n) is 10.6. The summed E-state index contributed by atoms with van der Waals surface area (Å²) in [5.41, 5.74) is 2.85. The minimum absolute atomic E-state index is 0.0833. The van der Waals surface area contributed by atoms with Crippen molar-refractivity contribution >= 4 is 17.5 Å². The van der Waals surface area contributed by atoms with Crippen LogP contribution in [0.5, 0.6) is 11.5 Å². The van der Waals surface area contributed by atoms with Gasteiger partial charge < -0.3 is 24.6 Å². The Labute approximate surface area is 242 Å². The lowest BCUT2D eigenvalue weighted by Crippen LogP contribution is -2.48. The van der Waals surface area contributed by atoms with Crippen molar-refractivity contribution in [3.05, 3.63) is 89.5 Å². The number of benzene rings is 3. The summed E-state index contributed by atoms with van der Waals surface area (Å²) in [5, 5.41) is 3.22. The average molecular weight is 557 g/mol. The van der Waals surface area contributed by atoms with E-state index in [0.29, 0.717) is 29.3 Å². The highest BCUT2D eigenvalue weighted by atomic mass is 16.5. The summed E-state index contributed by atoms with van der Waals surface area (Å²) < 4.78 is 10.8. The zero-order valence-electron chi connectivity index (χ0n) is 24.2. The Balaban J connectivity index is 1.43. The number of rotatable bonds is 10. The maximum atomic E-state index is 14.1. The SMILES string of the molecule is CCN1CCN(CCCNC(=O)[C@H]2c3ccccc3C(=O)N(c3ccc(OC)cc3)[C@@H]2c2ccc(OC)cc2)CC1. The van der Waals surface area contributed by atoms with E-state index >= 15 is 0 Å². The molecule has 0 spiro atoms. The van der Waals surface area contributed by atoms with E-state index in [2.05, 4.69) is 22.0 Å². The van der Waals surface area contributed by atoms with E-state index in [-0.39, 0.29) is 11.8 Å². The molecule has 1 saturated heterocycles. The highest BCUT2D eigenvalue weighted by Crippen LogP contribution is 2.45. The average Bonchev–Trinajstić information content (AvgIpc) is 3.03. The van der Waals surface area contributed by atoms with Gasteiger partial charge in [-0.2, -0.15) is 0 Å². The lowest BCUT2D eigenvalue weighted by Gasteiger charge is -2.42. The number of fused-ring (bicyclic) bond motifs is 1. The smallest absolute Gasteiger partial charge is 0.259 e. The molecule has 0 aromatic heterocycles.